The average Bonchev–Trinajstić information content (AvgIpc) is 2.28. The lowest BCUT2D eigenvalue weighted by Gasteiger charge is -2.26. The molecule has 3 heteroatoms. The predicted molar refractivity (Wildman–Crippen MR) is 73.0 cm³/mol. The van der Waals surface area contributed by atoms with Crippen LogP contribution in [0, 0.1) is 0 Å². The average molecular weight is 246 g/mol. The maximum Gasteiger partial charge on any atom is 0.134 e. The van der Waals surface area contributed by atoms with Crippen LogP contribution in [0.2, 0.25) is 0 Å². The second-order valence-electron chi connectivity index (χ2n) is 3.86. The molecule has 0 amide bonds. The molecule has 1 aliphatic carbocycles. The number of para-hydroxylation sites is 1. The van der Waals surface area contributed by atoms with Gasteiger partial charge in [-0.25, -0.2) is 0 Å². The van der Waals surface area contributed by atoms with Crippen LogP contribution in [0.15, 0.2) is 54.3 Å². The van der Waals surface area contributed by atoms with Gasteiger partial charge in [0.25, 0.3) is 0 Å². The third kappa shape index (κ3) is 1.60. The van der Waals surface area contributed by atoms with Crippen LogP contribution in [-0.2, 0) is 0 Å². The number of fused-ring (bicyclic) bond motifs is 3. The summed E-state index contributed by atoms with van der Waals surface area (Å²) in [5, 5.41) is 0. The number of ether oxygens (including phenoxy) is 1. The third-order valence-corrected chi connectivity index (χ3v) is 3.22. The van der Waals surface area contributed by atoms with E-state index in [4.69, 9.17) is 4.74 Å². The Kier molecular flexibility index (Phi) is 2.19. The van der Waals surface area contributed by atoms with E-state index in [-0.39, 0.29) is 0 Å². The summed E-state index contributed by atoms with van der Waals surface area (Å²) < 4.78 is 5.07. The zero-order valence-electron chi connectivity index (χ0n) is 8.42. The first-order valence-corrected chi connectivity index (χ1v) is 5.89. The fourth-order valence-electron chi connectivity index (χ4n) is 1.90. The Labute approximate surface area is 105 Å². The SMILES string of the molecule is SC1(S)C=CC2=COc3ccccc3C2=C1. The smallest absolute Gasteiger partial charge is 0.134 e. The highest BCUT2D eigenvalue weighted by atomic mass is 32.2. The van der Waals surface area contributed by atoms with Gasteiger partial charge in [-0.05, 0) is 17.7 Å². The van der Waals surface area contributed by atoms with Gasteiger partial charge in [-0.1, -0.05) is 30.4 Å². The van der Waals surface area contributed by atoms with Crippen molar-refractivity contribution in [2.24, 2.45) is 0 Å². The number of rotatable bonds is 0. The normalized spacial score (nSPS) is 20.1. The van der Waals surface area contributed by atoms with E-state index in [9.17, 15) is 0 Å². The van der Waals surface area contributed by atoms with Gasteiger partial charge in [0.2, 0.25) is 0 Å². The van der Waals surface area contributed by atoms with Crippen LogP contribution in [0.3, 0.4) is 0 Å². The quantitative estimate of drug-likeness (QED) is 0.526. The van der Waals surface area contributed by atoms with E-state index in [2.05, 4.69) is 25.3 Å². The Bertz CT molecular complexity index is 539. The van der Waals surface area contributed by atoms with Crippen LogP contribution in [0.25, 0.3) is 5.57 Å². The Morgan fingerprint density at radius 2 is 1.94 bits per heavy atom. The lowest BCUT2D eigenvalue weighted by Crippen LogP contribution is -2.13. The van der Waals surface area contributed by atoms with Crippen LogP contribution in [0.4, 0.5) is 0 Å². The monoisotopic (exact) mass is 246 g/mol. The van der Waals surface area contributed by atoms with E-state index in [0.717, 1.165) is 22.5 Å². The summed E-state index contributed by atoms with van der Waals surface area (Å²) in [6.07, 6.45) is 7.73. The second kappa shape index (κ2) is 3.47. The summed E-state index contributed by atoms with van der Waals surface area (Å²) >= 11 is 8.92. The lowest BCUT2D eigenvalue weighted by atomic mass is 9.91. The number of hydrogen-bond acceptors (Lipinski definition) is 3. The van der Waals surface area contributed by atoms with Crippen molar-refractivity contribution in [1.29, 1.82) is 0 Å². The molecule has 0 radical (unpaired) electrons. The standard InChI is InChI=1S/C13H10OS2/c15-13(16)6-5-9-8-14-12-4-2-1-3-10(12)11(9)7-13/h1-8,15-16H. The maximum atomic E-state index is 5.56. The lowest BCUT2D eigenvalue weighted by molar-refractivity contribution is 0.472. The molecule has 1 heterocycles. The minimum Gasteiger partial charge on any atom is -0.464 e. The maximum absolute atomic E-state index is 5.56. The summed E-state index contributed by atoms with van der Waals surface area (Å²) in [5.74, 6) is 0.880. The molecule has 1 aromatic rings. The summed E-state index contributed by atoms with van der Waals surface area (Å²) in [4.78, 5) is 0. The van der Waals surface area contributed by atoms with Crippen LogP contribution in [0.5, 0.6) is 5.75 Å². The minimum absolute atomic E-state index is 0.489. The van der Waals surface area contributed by atoms with E-state index in [0.29, 0.717) is 0 Å². The van der Waals surface area contributed by atoms with Crippen molar-refractivity contribution in [2.45, 2.75) is 4.08 Å². The van der Waals surface area contributed by atoms with Gasteiger partial charge in [-0.2, -0.15) is 25.3 Å². The van der Waals surface area contributed by atoms with E-state index in [1.165, 1.54) is 0 Å². The van der Waals surface area contributed by atoms with Crippen LogP contribution in [0.1, 0.15) is 5.56 Å². The van der Waals surface area contributed by atoms with Crippen molar-refractivity contribution >= 4 is 30.8 Å². The van der Waals surface area contributed by atoms with Gasteiger partial charge in [0.1, 0.15) is 5.75 Å². The van der Waals surface area contributed by atoms with Crippen LogP contribution in [-0.4, -0.2) is 4.08 Å². The molecule has 0 atom stereocenters. The molecule has 0 aromatic heterocycles. The minimum atomic E-state index is -0.489. The molecular weight excluding hydrogens is 236 g/mol. The Morgan fingerprint density at radius 1 is 1.12 bits per heavy atom. The zero-order chi connectivity index (χ0) is 11.2. The molecule has 1 aliphatic heterocycles. The van der Waals surface area contributed by atoms with Crippen molar-refractivity contribution in [2.75, 3.05) is 0 Å². The van der Waals surface area contributed by atoms with Crippen molar-refractivity contribution in [1.82, 2.24) is 0 Å². The van der Waals surface area contributed by atoms with E-state index >= 15 is 0 Å². The molecule has 2 aliphatic rings. The Hall–Kier alpha value is -1.06. The number of hydrogen-bond donors (Lipinski definition) is 2. The Morgan fingerprint density at radius 3 is 2.81 bits per heavy atom. The fourth-order valence-corrected chi connectivity index (χ4v) is 2.31. The number of thiol groups is 2. The summed E-state index contributed by atoms with van der Waals surface area (Å²) in [6, 6.07) is 7.97. The number of benzene rings is 1. The third-order valence-electron chi connectivity index (χ3n) is 2.67. The van der Waals surface area contributed by atoms with E-state index in [1.807, 2.05) is 42.5 Å². The highest BCUT2D eigenvalue weighted by molar-refractivity contribution is 8.01. The fraction of sp³-hybridized carbons (Fsp3) is 0.0769. The van der Waals surface area contributed by atoms with Gasteiger partial charge in [-0.3, -0.25) is 0 Å². The molecule has 1 aromatic carbocycles. The van der Waals surface area contributed by atoms with Gasteiger partial charge < -0.3 is 4.74 Å². The molecule has 0 unspecified atom stereocenters. The zero-order valence-corrected chi connectivity index (χ0v) is 10.2. The van der Waals surface area contributed by atoms with Crippen molar-refractivity contribution in [3.8, 4) is 5.75 Å². The Balaban J connectivity index is 2.19. The summed E-state index contributed by atoms with van der Waals surface area (Å²) in [7, 11) is 0. The van der Waals surface area contributed by atoms with Gasteiger partial charge in [0.15, 0.2) is 0 Å². The van der Waals surface area contributed by atoms with Gasteiger partial charge >= 0.3 is 0 Å². The first-order chi connectivity index (χ1) is 7.66. The first kappa shape index (κ1) is 10.1. The van der Waals surface area contributed by atoms with E-state index in [1.54, 1.807) is 6.26 Å². The molecule has 0 N–H and O–H groups in total. The topological polar surface area (TPSA) is 9.23 Å². The van der Waals surface area contributed by atoms with Crippen molar-refractivity contribution in [3.05, 3.63) is 59.9 Å². The van der Waals surface area contributed by atoms with Crippen molar-refractivity contribution in [3.63, 3.8) is 0 Å². The van der Waals surface area contributed by atoms with Crippen molar-refractivity contribution < 1.29 is 4.74 Å². The summed E-state index contributed by atoms with van der Waals surface area (Å²) in [5.41, 5.74) is 3.30. The van der Waals surface area contributed by atoms with Gasteiger partial charge in [0.05, 0.1) is 10.3 Å². The van der Waals surface area contributed by atoms with Gasteiger partial charge in [-0.15, -0.1) is 0 Å². The molecule has 0 spiro atoms. The molecule has 80 valence electrons. The molecule has 0 fully saturated rings. The van der Waals surface area contributed by atoms with Crippen LogP contribution < -0.4 is 4.74 Å². The molecule has 16 heavy (non-hydrogen) atoms. The second-order valence-corrected chi connectivity index (χ2v) is 5.69. The molecule has 1 nitrogen and oxygen atoms in total. The molecule has 0 bridgehead atoms. The highest BCUT2D eigenvalue weighted by Gasteiger charge is 2.25. The molecule has 3 rings (SSSR count). The highest BCUT2D eigenvalue weighted by Crippen LogP contribution is 2.42. The number of allylic oxidation sites excluding steroid dienone is 3. The predicted octanol–water partition coefficient (Wildman–Crippen LogP) is 3.47. The van der Waals surface area contributed by atoms with E-state index < -0.39 is 4.08 Å². The summed E-state index contributed by atoms with van der Waals surface area (Å²) in [6.45, 7) is 0. The first-order valence-electron chi connectivity index (χ1n) is 4.99. The van der Waals surface area contributed by atoms with Crippen LogP contribution >= 0.6 is 25.3 Å². The molecular formula is C13H10OS2. The molecule has 0 saturated heterocycles. The molecule has 0 saturated carbocycles. The largest absolute Gasteiger partial charge is 0.464 e. The van der Waals surface area contributed by atoms with Gasteiger partial charge in [0, 0.05) is 11.1 Å².